The Morgan fingerprint density at radius 1 is 1.33 bits per heavy atom. The largest absolute Gasteiger partial charge is 0.370 e. The second-order valence-corrected chi connectivity index (χ2v) is 4.19. The van der Waals surface area contributed by atoms with Crippen LogP contribution in [0.5, 0.6) is 0 Å². The van der Waals surface area contributed by atoms with Crippen molar-refractivity contribution in [2.75, 3.05) is 11.9 Å². The molecule has 0 unspecified atom stereocenters. The molecule has 0 aliphatic rings. The Labute approximate surface area is 109 Å². The number of halogens is 1. The number of nitrogens with one attached hydrogen (secondary N) is 1. The number of benzene rings is 1. The fourth-order valence-corrected chi connectivity index (χ4v) is 1.83. The summed E-state index contributed by atoms with van der Waals surface area (Å²) in [6.07, 6.45) is 1.01. The van der Waals surface area contributed by atoms with Crippen LogP contribution in [0.2, 0.25) is 5.28 Å². The maximum Gasteiger partial charge on any atom is 0.224 e. The number of carbonyl (C=O) groups is 1. The van der Waals surface area contributed by atoms with E-state index in [4.69, 9.17) is 17.3 Å². The summed E-state index contributed by atoms with van der Waals surface area (Å²) in [6.45, 7) is 0.611. The van der Waals surface area contributed by atoms with Gasteiger partial charge in [-0.2, -0.15) is 0 Å². The Morgan fingerprint density at radius 2 is 2.11 bits per heavy atom. The topological polar surface area (TPSA) is 80.9 Å². The van der Waals surface area contributed by atoms with Crippen molar-refractivity contribution in [1.29, 1.82) is 0 Å². The van der Waals surface area contributed by atoms with Gasteiger partial charge >= 0.3 is 0 Å². The lowest BCUT2D eigenvalue weighted by atomic mass is 10.2. The van der Waals surface area contributed by atoms with Crippen LogP contribution in [-0.4, -0.2) is 22.4 Å². The van der Waals surface area contributed by atoms with Crippen molar-refractivity contribution >= 4 is 34.2 Å². The van der Waals surface area contributed by atoms with E-state index in [1.54, 1.807) is 0 Å². The van der Waals surface area contributed by atoms with Crippen molar-refractivity contribution in [3.8, 4) is 0 Å². The molecule has 1 heterocycles. The summed E-state index contributed by atoms with van der Waals surface area (Å²) in [4.78, 5) is 18.9. The molecule has 3 N–H and O–H groups in total. The van der Waals surface area contributed by atoms with E-state index in [1.807, 2.05) is 24.3 Å². The number of primary amides is 1. The van der Waals surface area contributed by atoms with Gasteiger partial charge in [0.2, 0.25) is 11.2 Å². The third kappa shape index (κ3) is 3.07. The SMILES string of the molecule is NC(=O)CCCNc1nc(Cl)nc2ccccc12. The maximum absolute atomic E-state index is 10.6. The molecule has 5 nitrogen and oxygen atoms in total. The molecular weight excluding hydrogens is 252 g/mol. The van der Waals surface area contributed by atoms with Crippen LogP contribution in [0, 0.1) is 0 Å². The van der Waals surface area contributed by atoms with Gasteiger partial charge in [0, 0.05) is 18.4 Å². The first kappa shape index (κ1) is 12.6. The fraction of sp³-hybridized carbons (Fsp3) is 0.250. The van der Waals surface area contributed by atoms with Crippen LogP contribution in [0.3, 0.4) is 0 Å². The van der Waals surface area contributed by atoms with Crippen LogP contribution in [-0.2, 0) is 4.79 Å². The summed E-state index contributed by atoms with van der Waals surface area (Å²) in [6, 6.07) is 7.59. The molecule has 94 valence electrons. The van der Waals surface area contributed by atoms with E-state index in [2.05, 4.69) is 15.3 Å². The highest BCUT2D eigenvalue weighted by Crippen LogP contribution is 2.21. The summed E-state index contributed by atoms with van der Waals surface area (Å²) in [5, 5.41) is 4.24. The van der Waals surface area contributed by atoms with Crippen LogP contribution in [0.15, 0.2) is 24.3 Å². The van der Waals surface area contributed by atoms with Gasteiger partial charge in [0.15, 0.2) is 0 Å². The highest BCUT2D eigenvalue weighted by atomic mass is 35.5. The van der Waals surface area contributed by atoms with Gasteiger partial charge in [-0.15, -0.1) is 0 Å². The number of anilines is 1. The van der Waals surface area contributed by atoms with E-state index in [0.29, 0.717) is 25.2 Å². The number of para-hydroxylation sites is 1. The molecule has 0 bridgehead atoms. The highest BCUT2D eigenvalue weighted by molar-refractivity contribution is 6.28. The van der Waals surface area contributed by atoms with Crippen LogP contribution in [0.4, 0.5) is 5.82 Å². The number of amides is 1. The molecule has 1 aromatic heterocycles. The Morgan fingerprint density at radius 3 is 2.89 bits per heavy atom. The molecule has 0 spiro atoms. The van der Waals surface area contributed by atoms with Crippen molar-refractivity contribution in [3.05, 3.63) is 29.5 Å². The zero-order valence-corrected chi connectivity index (χ0v) is 10.4. The predicted molar refractivity (Wildman–Crippen MR) is 71.5 cm³/mol. The van der Waals surface area contributed by atoms with E-state index in [0.717, 1.165) is 10.9 Å². The molecule has 2 rings (SSSR count). The Bertz CT molecular complexity index is 573. The summed E-state index contributed by atoms with van der Waals surface area (Å²) in [7, 11) is 0. The standard InChI is InChI=1S/C12H13ClN4O/c13-12-16-9-5-2-1-4-8(9)11(17-12)15-7-3-6-10(14)18/h1-2,4-5H,3,6-7H2,(H2,14,18)(H,15,16,17). The average molecular weight is 265 g/mol. The van der Waals surface area contributed by atoms with E-state index >= 15 is 0 Å². The lowest BCUT2D eigenvalue weighted by Gasteiger charge is -2.08. The van der Waals surface area contributed by atoms with Crippen LogP contribution in [0.25, 0.3) is 10.9 Å². The molecule has 6 heteroatoms. The molecular formula is C12H13ClN4O. The van der Waals surface area contributed by atoms with Crippen LogP contribution < -0.4 is 11.1 Å². The summed E-state index contributed by atoms with van der Waals surface area (Å²) in [5.41, 5.74) is 5.86. The summed E-state index contributed by atoms with van der Waals surface area (Å²) >= 11 is 5.85. The van der Waals surface area contributed by atoms with E-state index < -0.39 is 0 Å². The van der Waals surface area contributed by atoms with E-state index in [9.17, 15) is 4.79 Å². The highest BCUT2D eigenvalue weighted by Gasteiger charge is 2.05. The van der Waals surface area contributed by atoms with Gasteiger partial charge in [0.25, 0.3) is 0 Å². The Hall–Kier alpha value is -1.88. The fourth-order valence-electron chi connectivity index (χ4n) is 1.65. The van der Waals surface area contributed by atoms with Gasteiger partial charge in [-0.05, 0) is 30.2 Å². The number of carbonyl (C=O) groups excluding carboxylic acids is 1. The molecule has 1 aromatic carbocycles. The lowest BCUT2D eigenvalue weighted by molar-refractivity contribution is -0.118. The van der Waals surface area contributed by atoms with E-state index in [-0.39, 0.29) is 11.2 Å². The van der Waals surface area contributed by atoms with E-state index in [1.165, 1.54) is 0 Å². The van der Waals surface area contributed by atoms with Crippen LogP contribution in [0.1, 0.15) is 12.8 Å². The predicted octanol–water partition coefficient (Wildman–Crippen LogP) is 1.96. The number of aromatic nitrogens is 2. The number of hydrogen-bond donors (Lipinski definition) is 2. The summed E-state index contributed by atoms with van der Waals surface area (Å²) < 4.78 is 0. The van der Waals surface area contributed by atoms with Crippen molar-refractivity contribution in [3.63, 3.8) is 0 Å². The monoisotopic (exact) mass is 264 g/mol. The first-order valence-corrected chi connectivity index (χ1v) is 5.99. The minimum atomic E-state index is -0.303. The molecule has 0 aliphatic carbocycles. The van der Waals surface area contributed by atoms with Gasteiger partial charge in [-0.3, -0.25) is 4.79 Å². The molecule has 0 aliphatic heterocycles. The van der Waals surface area contributed by atoms with Gasteiger partial charge in [0.1, 0.15) is 5.82 Å². The normalized spacial score (nSPS) is 10.5. The van der Waals surface area contributed by atoms with Gasteiger partial charge in [-0.25, -0.2) is 9.97 Å². The molecule has 0 saturated heterocycles. The van der Waals surface area contributed by atoms with Crippen LogP contribution >= 0.6 is 11.6 Å². The zero-order chi connectivity index (χ0) is 13.0. The first-order valence-electron chi connectivity index (χ1n) is 5.61. The number of nitrogens with zero attached hydrogens (tertiary/aromatic N) is 2. The first-order chi connectivity index (χ1) is 8.66. The molecule has 2 aromatic rings. The lowest BCUT2D eigenvalue weighted by Crippen LogP contribution is -2.13. The second kappa shape index (κ2) is 5.64. The minimum absolute atomic E-state index is 0.200. The van der Waals surface area contributed by atoms with Crippen molar-refractivity contribution in [2.45, 2.75) is 12.8 Å². The van der Waals surface area contributed by atoms with Gasteiger partial charge in [-0.1, -0.05) is 12.1 Å². The second-order valence-electron chi connectivity index (χ2n) is 3.86. The maximum atomic E-state index is 10.6. The number of rotatable bonds is 5. The van der Waals surface area contributed by atoms with Gasteiger partial charge < -0.3 is 11.1 Å². The quantitative estimate of drug-likeness (QED) is 0.639. The molecule has 0 radical (unpaired) electrons. The van der Waals surface area contributed by atoms with Crippen molar-refractivity contribution in [1.82, 2.24) is 9.97 Å². The Balaban J connectivity index is 2.14. The third-order valence-electron chi connectivity index (χ3n) is 2.47. The molecule has 0 fully saturated rings. The number of fused-ring (bicyclic) bond motifs is 1. The summed E-state index contributed by atoms with van der Waals surface area (Å²) in [5.74, 6) is 0.373. The molecule has 0 atom stereocenters. The van der Waals surface area contributed by atoms with Crippen molar-refractivity contribution < 1.29 is 4.79 Å². The molecule has 18 heavy (non-hydrogen) atoms. The Kier molecular flexibility index (Phi) is 3.94. The number of nitrogens with two attached hydrogens (primary N) is 1. The van der Waals surface area contributed by atoms with Gasteiger partial charge in [0.05, 0.1) is 5.52 Å². The molecule has 0 saturated carbocycles. The number of hydrogen-bond acceptors (Lipinski definition) is 4. The zero-order valence-electron chi connectivity index (χ0n) is 9.69. The third-order valence-corrected chi connectivity index (χ3v) is 2.64. The minimum Gasteiger partial charge on any atom is -0.370 e. The average Bonchev–Trinajstić information content (AvgIpc) is 2.34. The smallest absolute Gasteiger partial charge is 0.224 e. The van der Waals surface area contributed by atoms with Crippen molar-refractivity contribution in [2.24, 2.45) is 5.73 Å². The molecule has 1 amide bonds.